The lowest BCUT2D eigenvalue weighted by atomic mass is 10.5. The highest BCUT2D eigenvalue weighted by molar-refractivity contribution is 5.74. The second-order valence-electron chi connectivity index (χ2n) is 3.70. The molecule has 0 aliphatic rings. The van der Waals surface area contributed by atoms with Crippen molar-refractivity contribution in [3.8, 4) is 0 Å². The van der Waals surface area contributed by atoms with Gasteiger partial charge in [0.15, 0.2) is 11.2 Å². The Balaban J connectivity index is 3.10. The zero-order chi connectivity index (χ0) is 12.7. The van der Waals surface area contributed by atoms with Crippen molar-refractivity contribution < 1.29 is 0 Å². The first kappa shape index (κ1) is 11.4. The number of nitrogens with one attached hydrogen (secondary N) is 1. The van der Waals surface area contributed by atoms with Gasteiger partial charge in [0.25, 0.3) is 5.56 Å². The lowest BCUT2D eigenvalue weighted by Gasteiger charge is -2.05. The van der Waals surface area contributed by atoms with Crippen LogP contribution >= 0.6 is 0 Å². The number of aryl methyl sites for hydroxylation is 2. The Morgan fingerprint density at radius 2 is 1.94 bits per heavy atom. The molecule has 0 aromatic carbocycles. The third kappa shape index (κ3) is 1.37. The molecule has 2 aromatic rings. The number of nitrogens with two attached hydrogens (primary N) is 1. The van der Waals surface area contributed by atoms with Gasteiger partial charge < -0.3 is 4.57 Å². The summed E-state index contributed by atoms with van der Waals surface area (Å²) < 4.78 is 4.02. The quantitative estimate of drug-likeness (QED) is 0.502. The molecule has 8 heteroatoms. The van der Waals surface area contributed by atoms with Crippen molar-refractivity contribution in [1.29, 1.82) is 0 Å². The zero-order valence-electron chi connectivity index (χ0n) is 9.89. The van der Waals surface area contributed by atoms with Crippen LogP contribution in [0.4, 0.5) is 5.95 Å². The van der Waals surface area contributed by atoms with Crippen molar-refractivity contribution >= 4 is 17.1 Å². The maximum atomic E-state index is 12.0. The van der Waals surface area contributed by atoms with E-state index >= 15 is 0 Å². The van der Waals surface area contributed by atoms with Gasteiger partial charge in [0, 0.05) is 20.6 Å². The molecule has 8 nitrogen and oxygen atoms in total. The second-order valence-corrected chi connectivity index (χ2v) is 3.70. The van der Waals surface area contributed by atoms with Crippen LogP contribution in [0.25, 0.3) is 11.2 Å². The molecule has 0 spiro atoms. The van der Waals surface area contributed by atoms with Crippen LogP contribution in [-0.4, -0.2) is 18.7 Å². The van der Waals surface area contributed by atoms with E-state index in [4.69, 9.17) is 5.84 Å². The number of nitrogens with zero attached hydrogens (tertiary/aromatic N) is 4. The maximum Gasteiger partial charge on any atom is 0.332 e. The summed E-state index contributed by atoms with van der Waals surface area (Å²) in [5.74, 6) is 5.64. The summed E-state index contributed by atoms with van der Waals surface area (Å²) in [7, 11) is 3.11. The molecule has 2 rings (SSSR count). The molecule has 2 aromatic heterocycles. The molecule has 0 aliphatic carbocycles. The van der Waals surface area contributed by atoms with Gasteiger partial charge in [0.05, 0.1) is 0 Å². The maximum absolute atomic E-state index is 12.0. The zero-order valence-corrected chi connectivity index (χ0v) is 9.89. The molecular weight excluding hydrogens is 224 g/mol. The van der Waals surface area contributed by atoms with E-state index in [0.717, 1.165) is 4.57 Å². The van der Waals surface area contributed by atoms with Gasteiger partial charge in [-0.15, -0.1) is 0 Å². The Bertz CT molecular complexity index is 692. The Kier molecular flexibility index (Phi) is 2.50. The Hall–Kier alpha value is -2.09. The lowest BCUT2D eigenvalue weighted by Crippen LogP contribution is -2.38. The first-order chi connectivity index (χ1) is 8.02. The summed E-state index contributed by atoms with van der Waals surface area (Å²) in [6, 6.07) is 0. The largest absolute Gasteiger partial charge is 0.332 e. The molecule has 3 N–H and O–H groups in total. The number of hydrazine groups is 1. The number of rotatable bonds is 2. The molecule has 92 valence electrons. The number of hydrogen-bond donors (Lipinski definition) is 2. The van der Waals surface area contributed by atoms with Gasteiger partial charge in [-0.3, -0.25) is 19.4 Å². The van der Waals surface area contributed by atoms with Crippen molar-refractivity contribution in [3.05, 3.63) is 20.8 Å². The summed E-state index contributed by atoms with van der Waals surface area (Å²) >= 11 is 0. The number of nitrogen functional groups attached to an aromatic ring is 1. The molecule has 0 unspecified atom stereocenters. The Morgan fingerprint density at radius 3 is 2.47 bits per heavy atom. The van der Waals surface area contributed by atoms with Crippen LogP contribution in [0.15, 0.2) is 9.59 Å². The van der Waals surface area contributed by atoms with Crippen molar-refractivity contribution in [2.45, 2.75) is 13.5 Å². The third-order valence-electron chi connectivity index (χ3n) is 2.80. The van der Waals surface area contributed by atoms with E-state index in [2.05, 4.69) is 10.4 Å². The molecule has 0 bridgehead atoms. The minimum Gasteiger partial charge on any atom is -0.306 e. The molecule has 0 saturated carbocycles. The van der Waals surface area contributed by atoms with Crippen LogP contribution in [0.3, 0.4) is 0 Å². The average molecular weight is 238 g/mol. The topological polar surface area (TPSA) is 99.9 Å². The molecule has 0 atom stereocenters. The predicted molar refractivity (Wildman–Crippen MR) is 63.7 cm³/mol. The summed E-state index contributed by atoms with van der Waals surface area (Å²) in [6.45, 7) is 2.25. The van der Waals surface area contributed by atoms with Gasteiger partial charge in [0.1, 0.15) is 0 Å². The molecule has 0 fully saturated rings. The minimum atomic E-state index is -0.383. The SMILES string of the molecule is CCn1c(=O)n(C)c(=O)c2c1nc(NN)n2C. The van der Waals surface area contributed by atoms with Crippen molar-refractivity contribution in [1.82, 2.24) is 18.7 Å². The third-order valence-corrected chi connectivity index (χ3v) is 2.80. The number of imidazole rings is 1. The van der Waals surface area contributed by atoms with Crippen molar-refractivity contribution in [2.75, 3.05) is 5.43 Å². The van der Waals surface area contributed by atoms with Gasteiger partial charge in [-0.2, -0.15) is 4.98 Å². The van der Waals surface area contributed by atoms with Crippen LogP contribution in [0.5, 0.6) is 0 Å². The van der Waals surface area contributed by atoms with E-state index in [0.29, 0.717) is 23.7 Å². The monoisotopic (exact) mass is 238 g/mol. The smallest absolute Gasteiger partial charge is 0.306 e. The van der Waals surface area contributed by atoms with Crippen LogP contribution in [0.2, 0.25) is 0 Å². The summed E-state index contributed by atoms with van der Waals surface area (Å²) in [4.78, 5) is 28.0. The predicted octanol–water partition coefficient (Wildman–Crippen LogP) is -1.26. The van der Waals surface area contributed by atoms with Crippen LogP contribution in [0, 0.1) is 0 Å². The molecule has 0 aliphatic heterocycles. The first-order valence-electron chi connectivity index (χ1n) is 5.15. The first-order valence-corrected chi connectivity index (χ1v) is 5.15. The van der Waals surface area contributed by atoms with Crippen LogP contribution in [0.1, 0.15) is 6.92 Å². The fourth-order valence-corrected chi connectivity index (χ4v) is 1.84. The van der Waals surface area contributed by atoms with Gasteiger partial charge >= 0.3 is 5.69 Å². The molecule has 17 heavy (non-hydrogen) atoms. The van der Waals surface area contributed by atoms with Crippen LogP contribution in [-0.2, 0) is 20.6 Å². The number of fused-ring (bicyclic) bond motifs is 1. The normalized spacial score (nSPS) is 11.1. The second kappa shape index (κ2) is 3.74. The summed E-state index contributed by atoms with van der Waals surface area (Å²) in [5.41, 5.74) is 2.32. The highest BCUT2D eigenvalue weighted by atomic mass is 16.2. The lowest BCUT2D eigenvalue weighted by molar-refractivity contribution is 0.651. The average Bonchev–Trinajstić information content (AvgIpc) is 2.64. The van der Waals surface area contributed by atoms with Gasteiger partial charge in [-0.1, -0.05) is 0 Å². The standard InChI is InChI=1S/C9H14N6O2/c1-4-15-6-5(7(16)14(3)9(15)17)13(2)8(11-6)12-10/h4,10H2,1-3H3,(H,11,12). The number of anilines is 1. The Labute approximate surface area is 96.3 Å². The molecule has 0 amide bonds. The summed E-state index contributed by atoms with van der Waals surface area (Å²) in [5, 5.41) is 0. The van der Waals surface area contributed by atoms with Gasteiger partial charge in [-0.25, -0.2) is 10.6 Å². The van der Waals surface area contributed by atoms with Gasteiger partial charge in [-0.05, 0) is 6.92 Å². The van der Waals surface area contributed by atoms with Crippen molar-refractivity contribution in [3.63, 3.8) is 0 Å². The molecular formula is C9H14N6O2. The fraction of sp³-hybridized carbons (Fsp3) is 0.444. The van der Waals surface area contributed by atoms with E-state index < -0.39 is 0 Å². The van der Waals surface area contributed by atoms with E-state index in [9.17, 15) is 9.59 Å². The highest BCUT2D eigenvalue weighted by Gasteiger charge is 2.16. The van der Waals surface area contributed by atoms with E-state index in [1.165, 1.54) is 16.2 Å². The fourth-order valence-electron chi connectivity index (χ4n) is 1.84. The van der Waals surface area contributed by atoms with Crippen molar-refractivity contribution in [2.24, 2.45) is 19.9 Å². The number of hydrogen-bond acceptors (Lipinski definition) is 5. The Morgan fingerprint density at radius 1 is 1.29 bits per heavy atom. The van der Waals surface area contributed by atoms with Crippen LogP contribution < -0.4 is 22.5 Å². The summed E-state index contributed by atoms with van der Waals surface area (Å²) in [6.07, 6.45) is 0. The van der Waals surface area contributed by atoms with E-state index in [-0.39, 0.29) is 11.2 Å². The minimum absolute atomic E-state index is 0.338. The highest BCUT2D eigenvalue weighted by Crippen LogP contribution is 2.12. The van der Waals surface area contributed by atoms with E-state index in [1.54, 1.807) is 7.05 Å². The molecule has 0 saturated heterocycles. The molecule has 2 heterocycles. The van der Waals surface area contributed by atoms with E-state index in [1.807, 2.05) is 6.92 Å². The van der Waals surface area contributed by atoms with Gasteiger partial charge in [0.2, 0.25) is 5.95 Å². The molecule has 0 radical (unpaired) electrons. The number of aromatic nitrogens is 4.